The summed E-state index contributed by atoms with van der Waals surface area (Å²) < 4.78 is 14.0. The Hall–Kier alpha value is -3.51. The molecule has 0 spiro atoms. The lowest BCUT2D eigenvalue weighted by molar-refractivity contribution is -0.140. The Kier molecular flexibility index (Phi) is 5.33. The van der Waals surface area contributed by atoms with Gasteiger partial charge in [-0.05, 0) is 53.6 Å². The van der Waals surface area contributed by atoms with Crippen LogP contribution in [0.5, 0.6) is 0 Å². The van der Waals surface area contributed by atoms with Gasteiger partial charge in [0.15, 0.2) is 0 Å². The summed E-state index contributed by atoms with van der Waals surface area (Å²) >= 11 is 5.91. The molecule has 4 rings (SSSR count). The first-order chi connectivity index (χ1) is 14.5. The largest absolute Gasteiger partial charge is 0.507 e. The Morgan fingerprint density at radius 3 is 2.53 bits per heavy atom. The van der Waals surface area contributed by atoms with E-state index in [0.29, 0.717) is 21.7 Å². The summed E-state index contributed by atoms with van der Waals surface area (Å²) in [5.41, 5.74) is 1.32. The lowest BCUT2D eigenvalue weighted by Gasteiger charge is -2.25. The van der Waals surface area contributed by atoms with Gasteiger partial charge < -0.3 is 10.0 Å². The number of aliphatic hydroxyl groups is 1. The standard InChI is InChI=1S/C23H16ClFN2O3/c24-17-8-6-15(7-9-17)21(28)19-20(16-4-1-5-18(25)11-16)27(23(30)22(19)29)13-14-3-2-10-26-12-14/h1-12,20,28H,13H2/b21-19+/t20-/m1/s1. The maximum Gasteiger partial charge on any atom is 0.295 e. The predicted octanol–water partition coefficient (Wildman–Crippen LogP) is 4.50. The van der Waals surface area contributed by atoms with Crippen LogP contribution in [-0.4, -0.2) is 26.7 Å². The first-order valence-corrected chi connectivity index (χ1v) is 9.52. The van der Waals surface area contributed by atoms with Crippen LogP contribution in [0, 0.1) is 5.82 Å². The zero-order chi connectivity index (χ0) is 21.3. The van der Waals surface area contributed by atoms with Crippen LogP contribution in [0.3, 0.4) is 0 Å². The highest BCUT2D eigenvalue weighted by molar-refractivity contribution is 6.46. The van der Waals surface area contributed by atoms with Gasteiger partial charge >= 0.3 is 0 Å². The Morgan fingerprint density at radius 2 is 1.87 bits per heavy atom. The third-order valence-electron chi connectivity index (χ3n) is 4.90. The van der Waals surface area contributed by atoms with Crippen molar-refractivity contribution < 1.29 is 19.1 Å². The second-order valence-corrected chi connectivity index (χ2v) is 7.29. The average molecular weight is 423 g/mol. The molecule has 2 aromatic carbocycles. The van der Waals surface area contributed by atoms with Crippen LogP contribution in [-0.2, 0) is 16.1 Å². The van der Waals surface area contributed by atoms with E-state index < -0.39 is 23.5 Å². The molecule has 1 N–H and O–H groups in total. The molecular formula is C23H16ClFN2O3. The van der Waals surface area contributed by atoms with Crippen LogP contribution >= 0.6 is 11.6 Å². The summed E-state index contributed by atoms with van der Waals surface area (Å²) in [4.78, 5) is 31.1. The van der Waals surface area contributed by atoms with Gasteiger partial charge in [0.05, 0.1) is 11.6 Å². The second kappa shape index (κ2) is 8.08. The zero-order valence-electron chi connectivity index (χ0n) is 15.6. The number of hydrogen-bond acceptors (Lipinski definition) is 4. The van der Waals surface area contributed by atoms with Crippen molar-refractivity contribution in [1.29, 1.82) is 0 Å². The van der Waals surface area contributed by atoms with Crippen molar-refractivity contribution in [2.75, 3.05) is 0 Å². The van der Waals surface area contributed by atoms with E-state index in [-0.39, 0.29) is 17.9 Å². The third-order valence-corrected chi connectivity index (χ3v) is 5.15. The number of aliphatic hydroxyl groups excluding tert-OH is 1. The number of aromatic nitrogens is 1. The van der Waals surface area contributed by atoms with Gasteiger partial charge in [-0.2, -0.15) is 0 Å². The molecule has 0 unspecified atom stereocenters. The summed E-state index contributed by atoms with van der Waals surface area (Å²) in [6.45, 7) is 0.0803. The molecule has 1 aromatic heterocycles. The van der Waals surface area contributed by atoms with Crippen LogP contribution in [0.2, 0.25) is 5.02 Å². The van der Waals surface area contributed by atoms with Gasteiger partial charge in [0, 0.05) is 29.5 Å². The molecule has 0 radical (unpaired) electrons. The number of Topliss-reactive ketones (excluding diaryl/α,β-unsaturated/α-hetero) is 1. The number of hydrogen-bond donors (Lipinski definition) is 1. The smallest absolute Gasteiger partial charge is 0.295 e. The molecule has 5 nitrogen and oxygen atoms in total. The van der Waals surface area contributed by atoms with Crippen LogP contribution < -0.4 is 0 Å². The Morgan fingerprint density at radius 1 is 1.10 bits per heavy atom. The maximum atomic E-state index is 14.0. The molecule has 7 heteroatoms. The highest BCUT2D eigenvalue weighted by atomic mass is 35.5. The van der Waals surface area contributed by atoms with E-state index in [9.17, 15) is 19.1 Å². The second-order valence-electron chi connectivity index (χ2n) is 6.85. The van der Waals surface area contributed by atoms with E-state index in [4.69, 9.17) is 11.6 Å². The van der Waals surface area contributed by atoms with Crippen LogP contribution in [0.15, 0.2) is 78.6 Å². The molecule has 1 fully saturated rings. The Bertz CT molecular complexity index is 1150. The van der Waals surface area contributed by atoms with E-state index in [0.717, 1.165) is 0 Å². The van der Waals surface area contributed by atoms with Crippen LogP contribution in [0.4, 0.5) is 4.39 Å². The van der Waals surface area contributed by atoms with Gasteiger partial charge in [0.1, 0.15) is 11.6 Å². The Balaban J connectivity index is 1.87. The number of ketones is 1. The summed E-state index contributed by atoms with van der Waals surface area (Å²) in [6, 6.07) is 14.4. The molecule has 150 valence electrons. The molecule has 1 aliphatic heterocycles. The predicted molar refractivity (Wildman–Crippen MR) is 110 cm³/mol. The Labute approximate surface area is 177 Å². The van der Waals surface area contributed by atoms with Crippen molar-refractivity contribution >= 4 is 29.1 Å². The highest BCUT2D eigenvalue weighted by Gasteiger charge is 2.46. The fourth-order valence-corrected chi connectivity index (χ4v) is 3.64. The lowest BCUT2D eigenvalue weighted by atomic mass is 9.95. The molecule has 0 bridgehead atoms. The minimum absolute atomic E-state index is 0.0803. The number of nitrogens with zero attached hydrogens (tertiary/aromatic N) is 2. The summed E-state index contributed by atoms with van der Waals surface area (Å²) in [5, 5.41) is 11.4. The fourth-order valence-electron chi connectivity index (χ4n) is 3.52. The minimum Gasteiger partial charge on any atom is -0.507 e. The highest BCUT2D eigenvalue weighted by Crippen LogP contribution is 2.40. The number of amides is 1. The number of halogens is 2. The van der Waals surface area contributed by atoms with E-state index in [1.54, 1.807) is 54.9 Å². The van der Waals surface area contributed by atoms with E-state index in [1.165, 1.54) is 23.1 Å². The van der Waals surface area contributed by atoms with E-state index >= 15 is 0 Å². The van der Waals surface area contributed by atoms with Crippen molar-refractivity contribution in [3.63, 3.8) is 0 Å². The van der Waals surface area contributed by atoms with Crippen molar-refractivity contribution in [2.45, 2.75) is 12.6 Å². The van der Waals surface area contributed by atoms with Crippen LogP contribution in [0.25, 0.3) is 5.76 Å². The molecule has 1 aliphatic rings. The molecule has 0 saturated carbocycles. The van der Waals surface area contributed by atoms with Gasteiger partial charge in [0.2, 0.25) is 0 Å². The van der Waals surface area contributed by atoms with Crippen LogP contribution in [0.1, 0.15) is 22.7 Å². The van der Waals surface area contributed by atoms with Gasteiger partial charge in [-0.15, -0.1) is 0 Å². The molecule has 1 amide bonds. The topological polar surface area (TPSA) is 70.5 Å². The molecule has 1 saturated heterocycles. The number of likely N-dealkylation sites (tertiary alicyclic amines) is 1. The summed E-state index contributed by atoms with van der Waals surface area (Å²) in [5.74, 6) is -2.46. The van der Waals surface area contributed by atoms with Crippen molar-refractivity contribution in [2.24, 2.45) is 0 Å². The minimum atomic E-state index is -0.948. The summed E-state index contributed by atoms with van der Waals surface area (Å²) in [6.07, 6.45) is 3.18. The molecule has 0 aliphatic carbocycles. The number of pyridine rings is 1. The molecule has 30 heavy (non-hydrogen) atoms. The molecule has 3 aromatic rings. The van der Waals surface area contributed by atoms with E-state index in [1.807, 2.05) is 0 Å². The van der Waals surface area contributed by atoms with Crippen molar-refractivity contribution in [1.82, 2.24) is 9.88 Å². The van der Waals surface area contributed by atoms with Crippen molar-refractivity contribution in [3.8, 4) is 0 Å². The molecular weight excluding hydrogens is 407 g/mol. The average Bonchev–Trinajstić information content (AvgIpc) is 2.99. The van der Waals surface area contributed by atoms with Gasteiger partial charge in [-0.3, -0.25) is 14.6 Å². The number of rotatable bonds is 4. The zero-order valence-corrected chi connectivity index (χ0v) is 16.4. The number of carbonyl (C=O) groups is 2. The molecule has 2 heterocycles. The summed E-state index contributed by atoms with van der Waals surface area (Å²) in [7, 11) is 0. The molecule has 1 atom stereocenters. The van der Waals surface area contributed by atoms with Crippen molar-refractivity contribution in [3.05, 3.63) is 106 Å². The van der Waals surface area contributed by atoms with E-state index in [2.05, 4.69) is 4.98 Å². The number of carbonyl (C=O) groups excluding carboxylic acids is 2. The SMILES string of the molecule is O=C1C(=O)N(Cc2cccnc2)[C@H](c2cccc(F)c2)/C1=C(\O)c1ccc(Cl)cc1. The first kappa shape index (κ1) is 19.8. The van der Waals surface area contributed by atoms with Gasteiger partial charge in [-0.1, -0.05) is 29.8 Å². The number of benzene rings is 2. The quantitative estimate of drug-likeness (QED) is 0.382. The van der Waals surface area contributed by atoms with Gasteiger partial charge in [0.25, 0.3) is 11.7 Å². The monoisotopic (exact) mass is 422 g/mol. The fraction of sp³-hybridized carbons (Fsp3) is 0.0870. The lowest BCUT2D eigenvalue weighted by Crippen LogP contribution is -2.29. The maximum absolute atomic E-state index is 14.0. The third kappa shape index (κ3) is 3.69. The first-order valence-electron chi connectivity index (χ1n) is 9.14. The van der Waals surface area contributed by atoms with Gasteiger partial charge in [-0.25, -0.2) is 4.39 Å². The normalized spacial score (nSPS) is 18.1.